The van der Waals surface area contributed by atoms with Crippen molar-refractivity contribution in [3.05, 3.63) is 70.2 Å². The van der Waals surface area contributed by atoms with Crippen molar-refractivity contribution in [3.8, 4) is 5.75 Å². The number of nitrogens with zero attached hydrogens (tertiary/aromatic N) is 2. The standard InChI is InChI=1S/C17H13BrClFN4OS/c18-11-1-4-14(5-2-11)25-10-24-9-13(8-21-24)23-17(26)22-12-3-6-16(20)15(19)7-12/h1-9H,10H2,(H2,22,23,26). The summed E-state index contributed by atoms with van der Waals surface area (Å²) in [6.45, 7) is 0.261. The molecule has 0 saturated heterocycles. The third-order valence-electron chi connectivity index (χ3n) is 3.25. The van der Waals surface area contributed by atoms with Crippen LogP contribution in [0.5, 0.6) is 5.75 Å². The number of thiocarbonyl (C=S) groups is 1. The highest BCUT2D eigenvalue weighted by molar-refractivity contribution is 9.10. The molecule has 0 aliphatic rings. The third kappa shape index (κ3) is 5.17. The van der Waals surface area contributed by atoms with E-state index in [2.05, 4.69) is 31.7 Å². The molecule has 1 heterocycles. The second kappa shape index (κ2) is 8.48. The Labute approximate surface area is 168 Å². The molecule has 9 heteroatoms. The summed E-state index contributed by atoms with van der Waals surface area (Å²) < 4.78 is 21.4. The van der Waals surface area contributed by atoms with Crippen molar-refractivity contribution in [2.75, 3.05) is 10.6 Å². The first-order valence-electron chi connectivity index (χ1n) is 7.43. The van der Waals surface area contributed by atoms with E-state index in [4.69, 9.17) is 28.6 Å². The summed E-state index contributed by atoms with van der Waals surface area (Å²) in [5.74, 6) is 0.256. The molecule has 0 unspecified atom stereocenters. The van der Waals surface area contributed by atoms with Gasteiger partial charge in [-0.25, -0.2) is 9.07 Å². The normalized spacial score (nSPS) is 10.4. The Morgan fingerprint density at radius 1 is 1.19 bits per heavy atom. The minimum atomic E-state index is -0.483. The summed E-state index contributed by atoms with van der Waals surface area (Å²) in [6.07, 6.45) is 3.38. The molecule has 2 N–H and O–H groups in total. The first-order chi connectivity index (χ1) is 12.5. The summed E-state index contributed by atoms with van der Waals surface area (Å²) in [5.41, 5.74) is 1.27. The van der Waals surface area contributed by atoms with Gasteiger partial charge >= 0.3 is 0 Å². The van der Waals surface area contributed by atoms with Crippen LogP contribution in [0.25, 0.3) is 0 Å². The molecule has 0 bridgehead atoms. The molecule has 0 spiro atoms. The molecule has 2 aromatic carbocycles. The number of anilines is 2. The van der Waals surface area contributed by atoms with Gasteiger partial charge < -0.3 is 15.4 Å². The Kier molecular flexibility index (Phi) is 6.08. The lowest BCUT2D eigenvalue weighted by atomic mass is 10.3. The smallest absolute Gasteiger partial charge is 0.180 e. The van der Waals surface area contributed by atoms with Crippen LogP contribution in [0.3, 0.4) is 0 Å². The Morgan fingerprint density at radius 3 is 2.65 bits per heavy atom. The minimum Gasteiger partial charge on any atom is -0.471 e. The van der Waals surface area contributed by atoms with Crippen molar-refractivity contribution < 1.29 is 9.13 Å². The monoisotopic (exact) mass is 454 g/mol. The molecule has 0 fully saturated rings. The first-order valence-corrected chi connectivity index (χ1v) is 9.01. The van der Waals surface area contributed by atoms with Gasteiger partial charge in [0, 0.05) is 10.2 Å². The van der Waals surface area contributed by atoms with Gasteiger partial charge in [0.2, 0.25) is 0 Å². The van der Waals surface area contributed by atoms with Gasteiger partial charge in [-0.1, -0.05) is 27.5 Å². The van der Waals surface area contributed by atoms with Crippen LogP contribution in [0, 0.1) is 5.82 Å². The molecule has 3 rings (SSSR count). The Balaban J connectivity index is 1.53. The van der Waals surface area contributed by atoms with Crippen molar-refractivity contribution in [1.29, 1.82) is 0 Å². The number of benzene rings is 2. The van der Waals surface area contributed by atoms with Crippen LogP contribution in [-0.4, -0.2) is 14.9 Å². The highest BCUT2D eigenvalue weighted by Crippen LogP contribution is 2.20. The fourth-order valence-electron chi connectivity index (χ4n) is 2.04. The van der Waals surface area contributed by atoms with Crippen LogP contribution in [-0.2, 0) is 6.73 Å². The molecule has 134 valence electrons. The first kappa shape index (κ1) is 18.6. The van der Waals surface area contributed by atoms with E-state index in [0.717, 1.165) is 10.2 Å². The van der Waals surface area contributed by atoms with Crippen LogP contribution < -0.4 is 15.4 Å². The van der Waals surface area contributed by atoms with E-state index in [1.165, 1.54) is 12.1 Å². The molecular weight excluding hydrogens is 443 g/mol. The van der Waals surface area contributed by atoms with Gasteiger partial charge in [-0.2, -0.15) is 5.10 Å². The number of hydrogen-bond acceptors (Lipinski definition) is 3. The highest BCUT2D eigenvalue weighted by atomic mass is 79.9. The lowest BCUT2D eigenvalue weighted by molar-refractivity contribution is 0.221. The largest absolute Gasteiger partial charge is 0.471 e. The number of halogens is 3. The van der Waals surface area contributed by atoms with Gasteiger partial charge in [-0.3, -0.25) is 0 Å². The maximum atomic E-state index is 13.2. The number of aromatic nitrogens is 2. The molecule has 26 heavy (non-hydrogen) atoms. The molecule has 0 atom stereocenters. The van der Waals surface area contributed by atoms with Crippen LogP contribution >= 0.6 is 39.7 Å². The molecular formula is C17H13BrClFN4OS. The maximum Gasteiger partial charge on any atom is 0.180 e. The molecule has 1 aromatic heterocycles. The van der Waals surface area contributed by atoms with Crippen molar-refractivity contribution in [1.82, 2.24) is 9.78 Å². The Morgan fingerprint density at radius 2 is 1.92 bits per heavy atom. The predicted octanol–water partition coefficient (Wildman–Crippen LogP) is 5.28. The quantitative estimate of drug-likeness (QED) is 0.512. The molecule has 5 nitrogen and oxygen atoms in total. The zero-order chi connectivity index (χ0) is 18.5. The molecule has 3 aromatic rings. The van der Waals surface area contributed by atoms with E-state index in [9.17, 15) is 4.39 Å². The number of nitrogens with one attached hydrogen (secondary N) is 2. The third-order valence-corrected chi connectivity index (χ3v) is 4.27. The van der Waals surface area contributed by atoms with Crippen molar-refractivity contribution in [3.63, 3.8) is 0 Å². The summed E-state index contributed by atoms with van der Waals surface area (Å²) in [4.78, 5) is 0. The van der Waals surface area contributed by atoms with Crippen LogP contribution in [0.15, 0.2) is 59.3 Å². The van der Waals surface area contributed by atoms with Gasteiger partial charge in [-0.05, 0) is 54.7 Å². The maximum absolute atomic E-state index is 13.2. The Bertz CT molecular complexity index is 919. The van der Waals surface area contributed by atoms with Crippen LogP contribution in [0.2, 0.25) is 5.02 Å². The second-order valence-corrected chi connectivity index (χ2v) is 6.93. The fourth-order valence-corrected chi connectivity index (χ4v) is 2.72. The number of hydrogen-bond donors (Lipinski definition) is 2. The highest BCUT2D eigenvalue weighted by Gasteiger charge is 2.05. The van der Waals surface area contributed by atoms with Gasteiger partial charge in [0.25, 0.3) is 0 Å². The van der Waals surface area contributed by atoms with Gasteiger partial charge in [-0.15, -0.1) is 0 Å². The number of ether oxygens (including phenoxy) is 1. The van der Waals surface area contributed by atoms with E-state index in [0.29, 0.717) is 16.5 Å². The van der Waals surface area contributed by atoms with Crippen molar-refractivity contribution >= 4 is 56.2 Å². The zero-order valence-corrected chi connectivity index (χ0v) is 16.4. The molecule has 0 aliphatic heterocycles. The van der Waals surface area contributed by atoms with Crippen molar-refractivity contribution in [2.45, 2.75) is 6.73 Å². The predicted molar refractivity (Wildman–Crippen MR) is 108 cm³/mol. The second-order valence-electron chi connectivity index (χ2n) is 5.20. The van der Waals surface area contributed by atoms with Gasteiger partial charge in [0.05, 0.1) is 23.1 Å². The van der Waals surface area contributed by atoms with E-state index in [1.807, 2.05) is 24.3 Å². The summed E-state index contributed by atoms with van der Waals surface area (Å²) >= 11 is 14.3. The topological polar surface area (TPSA) is 51.1 Å². The average molecular weight is 456 g/mol. The van der Waals surface area contributed by atoms with Gasteiger partial charge in [0.15, 0.2) is 11.8 Å². The zero-order valence-electron chi connectivity index (χ0n) is 13.2. The molecule has 0 saturated carbocycles. The van der Waals surface area contributed by atoms with Crippen molar-refractivity contribution in [2.24, 2.45) is 0 Å². The van der Waals surface area contributed by atoms with E-state index in [-0.39, 0.29) is 11.8 Å². The minimum absolute atomic E-state index is 0.0238. The van der Waals surface area contributed by atoms with E-state index in [1.54, 1.807) is 23.1 Å². The lowest BCUT2D eigenvalue weighted by Crippen LogP contribution is -2.18. The van der Waals surface area contributed by atoms with E-state index < -0.39 is 5.82 Å². The molecule has 0 radical (unpaired) electrons. The summed E-state index contributed by atoms with van der Waals surface area (Å²) in [5, 5.41) is 10.5. The van der Waals surface area contributed by atoms with Crippen LogP contribution in [0.4, 0.5) is 15.8 Å². The van der Waals surface area contributed by atoms with E-state index >= 15 is 0 Å². The van der Waals surface area contributed by atoms with Crippen LogP contribution in [0.1, 0.15) is 0 Å². The fraction of sp³-hybridized carbons (Fsp3) is 0.0588. The molecule has 0 aliphatic carbocycles. The SMILES string of the molecule is Fc1ccc(NC(=S)Nc2cnn(COc3ccc(Br)cc3)c2)cc1Cl. The average Bonchev–Trinajstić information content (AvgIpc) is 3.05. The Hall–Kier alpha value is -2.16. The lowest BCUT2D eigenvalue weighted by Gasteiger charge is -2.09. The summed E-state index contributed by atoms with van der Waals surface area (Å²) in [6, 6.07) is 11.8. The van der Waals surface area contributed by atoms with Gasteiger partial charge in [0.1, 0.15) is 11.6 Å². The molecule has 0 amide bonds. The number of rotatable bonds is 5. The summed E-state index contributed by atoms with van der Waals surface area (Å²) in [7, 11) is 0.